The zero-order valence-electron chi connectivity index (χ0n) is 18.0. The average Bonchev–Trinajstić information content (AvgIpc) is 3.04. The number of sulfonamides is 1. The monoisotopic (exact) mass is 475 g/mol. The van der Waals surface area contributed by atoms with Crippen molar-refractivity contribution in [1.82, 2.24) is 14.6 Å². The van der Waals surface area contributed by atoms with Gasteiger partial charge in [-0.2, -0.15) is 17.5 Å². The van der Waals surface area contributed by atoms with Crippen molar-refractivity contribution < 1.29 is 31.1 Å². The molecule has 0 amide bonds. The lowest BCUT2D eigenvalue weighted by Crippen LogP contribution is -2.60. The number of rotatable bonds is 4. The van der Waals surface area contributed by atoms with E-state index < -0.39 is 21.9 Å². The molecule has 1 aliphatic carbocycles. The van der Waals surface area contributed by atoms with E-state index in [4.69, 9.17) is 9.47 Å². The number of pyridine rings is 1. The van der Waals surface area contributed by atoms with E-state index >= 15 is 0 Å². The number of hydrogen-bond acceptors (Lipinski definition) is 6. The third-order valence-electron chi connectivity index (χ3n) is 7.44. The smallest absolute Gasteiger partial charge is 0.380 e. The lowest BCUT2D eigenvalue weighted by atomic mass is 9.64. The quantitative estimate of drug-likeness (QED) is 0.721. The fourth-order valence-corrected chi connectivity index (χ4v) is 7.22. The Morgan fingerprint density at radius 2 is 1.81 bits per heavy atom. The summed E-state index contributed by atoms with van der Waals surface area (Å²) in [6.07, 6.45) is -0.339. The minimum Gasteiger partial charge on any atom is -0.380 e. The molecule has 1 aromatic heterocycles. The molecule has 1 N–H and O–H groups in total. The molecule has 5 rings (SSSR count). The molecule has 7 nitrogen and oxygen atoms in total. The van der Waals surface area contributed by atoms with Crippen molar-refractivity contribution in [1.29, 1.82) is 0 Å². The number of piperidine rings is 1. The Morgan fingerprint density at radius 1 is 1.12 bits per heavy atom. The molecule has 0 radical (unpaired) electrons. The molecule has 1 aromatic rings. The van der Waals surface area contributed by atoms with E-state index in [9.17, 15) is 21.6 Å². The number of alkyl halides is 3. The van der Waals surface area contributed by atoms with Crippen LogP contribution in [0.5, 0.6) is 0 Å². The van der Waals surface area contributed by atoms with Gasteiger partial charge in [0.1, 0.15) is 10.6 Å². The van der Waals surface area contributed by atoms with Crippen LogP contribution in [0.1, 0.15) is 43.5 Å². The highest BCUT2D eigenvalue weighted by atomic mass is 32.2. The highest BCUT2D eigenvalue weighted by molar-refractivity contribution is 7.89. The van der Waals surface area contributed by atoms with Crippen molar-refractivity contribution in [2.45, 2.75) is 67.8 Å². The second-order valence-electron chi connectivity index (χ2n) is 9.84. The van der Waals surface area contributed by atoms with Gasteiger partial charge in [-0.05, 0) is 51.2 Å². The van der Waals surface area contributed by atoms with E-state index in [1.54, 1.807) is 0 Å². The fraction of sp³-hybridized carbons (Fsp3) is 0.762. The summed E-state index contributed by atoms with van der Waals surface area (Å²) in [5.41, 5.74) is -1.17. The summed E-state index contributed by atoms with van der Waals surface area (Å²) in [6, 6.07) is 2.50. The van der Waals surface area contributed by atoms with Crippen LogP contribution in [0.3, 0.4) is 0 Å². The predicted octanol–water partition coefficient (Wildman–Crippen LogP) is 2.49. The van der Waals surface area contributed by atoms with Gasteiger partial charge < -0.3 is 14.8 Å². The number of aromatic nitrogens is 1. The molecule has 1 atom stereocenters. The summed E-state index contributed by atoms with van der Waals surface area (Å²) in [5.74, 6) is 0. The molecular weight excluding hydrogens is 447 g/mol. The van der Waals surface area contributed by atoms with E-state index in [0.717, 1.165) is 44.6 Å². The van der Waals surface area contributed by atoms with Gasteiger partial charge >= 0.3 is 6.18 Å². The van der Waals surface area contributed by atoms with Gasteiger partial charge in [-0.1, -0.05) is 0 Å². The van der Waals surface area contributed by atoms with Gasteiger partial charge in [0, 0.05) is 30.6 Å². The van der Waals surface area contributed by atoms with Crippen LogP contribution in [-0.2, 0) is 25.7 Å². The maximum Gasteiger partial charge on any atom is 0.433 e. The maximum atomic E-state index is 13.1. The van der Waals surface area contributed by atoms with Gasteiger partial charge in [-0.25, -0.2) is 13.4 Å². The minimum absolute atomic E-state index is 0.142. The molecule has 178 valence electrons. The topological polar surface area (TPSA) is 80.8 Å². The third kappa shape index (κ3) is 3.96. The first-order valence-electron chi connectivity index (χ1n) is 11.0. The van der Waals surface area contributed by atoms with Crippen LogP contribution >= 0.6 is 0 Å². The van der Waals surface area contributed by atoms with Crippen LogP contribution in [0.2, 0.25) is 0 Å². The summed E-state index contributed by atoms with van der Waals surface area (Å²) >= 11 is 0. The van der Waals surface area contributed by atoms with Gasteiger partial charge in [0.05, 0.1) is 31.1 Å². The fourth-order valence-electron chi connectivity index (χ4n) is 5.61. The van der Waals surface area contributed by atoms with Crippen molar-refractivity contribution in [3.63, 3.8) is 0 Å². The van der Waals surface area contributed by atoms with Gasteiger partial charge in [0.25, 0.3) is 0 Å². The lowest BCUT2D eigenvalue weighted by Gasteiger charge is -2.54. The number of nitrogens with zero attached hydrogens (tertiary/aromatic N) is 2. The Morgan fingerprint density at radius 3 is 2.38 bits per heavy atom. The molecule has 0 bridgehead atoms. The van der Waals surface area contributed by atoms with Crippen molar-refractivity contribution >= 4 is 10.0 Å². The minimum atomic E-state index is -4.61. The summed E-state index contributed by atoms with van der Waals surface area (Å²) in [7, 11) is -3.92. The second kappa shape index (κ2) is 7.63. The zero-order chi connectivity index (χ0) is 22.8. The SMILES string of the molecule is Cc1nc(C(F)(F)F)ccc1S(=O)(=O)N1CCC2(CC1)CC(NC1CC3(COC3)C1)CO2. The van der Waals surface area contributed by atoms with Crippen LogP contribution in [0.4, 0.5) is 13.2 Å². The summed E-state index contributed by atoms with van der Waals surface area (Å²) in [6.45, 7) is 4.21. The molecule has 4 heterocycles. The first-order chi connectivity index (χ1) is 15.0. The van der Waals surface area contributed by atoms with E-state index in [1.165, 1.54) is 11.2 Å². The van der Waals surface area contributed by atoms with E-state index in [0.29, 0.717) is 30.9 Å². The largest absolute Gasteiger partial charge is 0.433 e. The molecule has 32 heavy (non-hydrogen) atoms. The highest BCUT2D eigenvalue weighted by Gasteiger charge is 2.51. The Bertz CT molecular complexity index is 980. The average molecular weight is 476 g/mol. The van der Waals surface area contributed by atoms with Crippen LogP contribution in [0.25, 0.3) is 0 Å². The van der Waals surface area contributed by atoms with E-state index in [-0.39, 0.29) is 35.3 Å². The number of aryl methyl sites for hydroxylation is 1. The molecule has 3 aliphatic heterocycles. The zero-order valence-corrected chi connectivity index (χ0v) is 18.8. The summed E-state index contributed by atoms with van der Waals surface area (Å²) < 4.78 is 77.6. The first kappa shape index (κ1) is 22.5. The molecule has 1 saturated carbocycles. The van der Waals surface area contributed by atoms with Crippen LogP contribution in [0, 0.1) is 12.3 Å². The van der Waals surface area contributed by atoms with Gasteiger partial charge in [-0.15, -0.1) is 0 Å². The Labute approximate surface area is 185 Å². The Kier molecular flexibility index (Phi) is 5.37. The van der Waals surface area contributed by atoms with Crippen molar-refractivity contribution in [2.75, 3.05) is 32.9 Å². The normalized spacial score (nSPS) is 28.1. The van der Waals surface area contributed by atoms with Gasteiger partial charge in [0.2, 0.25) is 10.0 Å². The summed E-state index contributed by atoms with van der Waals surface area (Å²) in [5, 5.41) is 3.69. The molecule has 1 unspecified atom stereocenters. The number of nitrogens with one attached hydrogen (secondary N) is 1. The molecular formula is C21H28F3N3O4S. The number of hydrogen-bond donors (Lipinski definition) is 1. The third-order valence-corrected chi connectivity index (χ3v) is 9.47. The molecule has 3 saturated heterocycles. The maximum absolute atomic E-state index is 13.1. The molecule has 11 heteroatoms. The van der Waals surface area contributed by atoms with E-state index in [2.05, 4.69) is 10.3 Å². The molecule has 4 fully saturated rings. The van der Waals surface area contributed by atoms with Crippen molar-refractivity contribution in [3.05, 3.63) is 23.5 Å². The highest BCUT2D eigenvalue weighted by Crippen LogP contribution is 2.47. The van der Waals surface area contributed by atoms with Crippen LogP contribution in [-0.4, -0.2) is 68.3 Å². The molecule has 0 aromatic carbocycles. The van der Waals surface area contributed by atoms with E-state index in [1.807, 2.05) is 0 Å². The Balaban J connectivity index is 1.18. The standard InChI is InChI=1S/C21H28F3N3O4S/c1-14-17(2-3-18(25-14)21(22,23)24)32(28,29)27-6-4-20(5-7-27)10-16(11-31-20)26-15-8-19(9-15)12-30-13-19/h2-3,15-16,26H,4-13H2,1H3. The number of halogens is 3. The molecule has 2 spiro atoms. The predicted molar refractivity (Wildman–Crippen MR) is 108 cm³/mol. The summed E-state index contributed by atoms with van der Waals surface area (Å²) in [4.78, 5) is 3.30. The van der Waals surface area contributed by atoms with Gasteiger partial charge in [0.15, 0.2) is 0 Å². The Hall–Kier alpha value is -1.27. The lowest BCUT2D eigenvalue weighted by molar-refractivity contribution is -0.168. The molecule has 4 aliphatic rings. The van der Waals surface area contributed by atoms with Gasteiger partial charge in [-0.3, -0.25) is 0 Å². The first-order valence-corrected chi connectivity index (χ1v) is 12.5. The second-order valence-corrected chi connectivity index (χ2v) is 11.7. The van der Waals surface area contributed by atoms with Crippen LogP contribution < -0.4 is 5.32 Å². The van der Waals surface area contributed by atoms with Crippen molar-refractivity contribution in [2.24, 2.45) is 5.41 Å². The van der Waals surface area contributed by atoms with Crippen molar-refractivity contribution in [3.8, 4) is 0 Å². The number of ether oxygens (including phenoxy) is 2. The van der Waals surface area contributed by atoms with Crippen LogP contribution in [0.15, 0.2) is 17.0 Å².